The number of carbonyl (C=O) groups is 1. The van der Waals surface area contributed by atoms with Gasteiger partial charge in [0, 0.05) is 36.9 Å². The number of aromatic nitrogens is 2. The van der Waals surface area contributed by atoms with E-state index < -0.39 is 0 Å². The van der Waals surface area contributed by atoms with E-state index in [0.29, 0.717) is 12.6 Å². The van der Waals surface area contributed by atoms with Crippen LogP contribution in [0.5, 0.6) is 0 Å². The van der Waals surface area contributed by atoms with Crippen LogP contribution in [0.4, 0.5) is 4.79 Å². The Kier molecular flexibility index (Phi) is 5.15. The molecule has 2 aromatic rings. The number of amides is 1. The SMILES string of the molecule is Cc1c(CNC2CC(NC(=O)OCc3ccccc3)C2)cnn1C. The van der Waals surface area contributed by atoms with Crippen LogP contribution in [-0.4, -0.2) is 28.0 Å². The summed E-state index contributed by atoms with van der Waals surface area (Å²) < 4.78 is 7.12. The van der Waals surface area contributed by atoms with E-state index in [-0.39, 0.29) is 12.1 Å². The van der Waals surface area contributed by atoms with Crippen molar-refractivity contribution >= 4 is 6.09 Å². The van der Waals surface area contributed by atoms with Crippen LogP contribution in [0, 0.1) is 6.92 Å². The molecule has 1 heterocycles. The summed E-state index contributed by atoms with van der Waals surface area (Å²) in [4.78, 5) is 11.8. The molecule has 6 heteroatoms. The molecule has 0 aliphatic heterocycles. The molecule has 3 rings (SSSR count). The summed E-state index contributed by atoms with van der Waals surface area (Å²) in [6.45, 7) is 3.19. The summed E-state index contributed by atoms with van der Waals surface area (Å²) in [7, 11) is 1.95. The minimum atomic E-state index is -0.342. The van der Waals surface area contributed by atoms with Crippen LogP contribution in [0.3, 0.4) is 0 Å². The molecule has 0 saturated heterocycles. The smallest absolute Gasteiger partial charge is 0.407 e. The topological polar surface area (TPSA) is 68.2 Å². The molecule has 24 heavy (non-hydrogen) atoms. The summed E-state index contributed by atoms with van der Waals surface area (Å²) in [5.74, 6) is 0. The Morgan fingerprint density at radius 3 is 2.71 bits per heavy atom. The van der Waals surface area contributed by atoms with E-state index in [1.165, 1.54) is 11.3 Å². The average molecular weight is 328 g/mol. The van der Waals surface area contributed by atoms with Gasteiger partial charge in [0.1, 0.15) is 6.61 Å². The van der Waals surface area contributed by atoms with Crippen molar-refractivity contribution in [3.8, 4) is 0 Å². The van der Waals surface area contributed by atoms with Crippen molar-refractivity contribution in [1.82, 2.24) is 20.4 Å². The van der Waals surface area contributed by atoms with Crippen molar-refractivity contribution in [3.05, 3.63) is 53.3 Å². The van der Waals surface area contributed by atoms with Gasteiger partial charge in [-0.05, 0) is 25.3 Å². The summed E-state index contributed by atoms with van der Waals surface area (Å²) in [6, 6.07) is 10.3. The third-order valence-electron chi connectivity index (χ3n) is 4.59. The van der Waals surface area contributed by atoms with Crippen LogP contribution in [0.2, 0.25) is 0 Å². The molecule has 0 bridgehead atoms. The van der Waals surface area contributed by atoms with Crippen LogP contribution in [0.1, 0.15) is 29.7 Å². The molecule has 6 nitrogen and oxygen atoms in total. The number of nitrogens with zero attached hydrogens (tertiary/aromatic N) is 2. The number of ether oxygens (including phenoxy) is 1. The van der Waals surface area contributed by atoms with E-state index in [1.54, 1.807) is 0 Å². The molecular formula is C18H24N4O2. The van der Waals surface area contributed by atoms with Gasteiger partial charge < -0.3 is 15.4 Å². The summed E-state index contributed by atoms with van der Waals surface area (Å²) >= 11 is 0. The largest absolute Gasteiger partial charge is 0.445 e. The summed E-state index contributed by atoms with van der Waals surface area (Å²) in [5.41, 5.74) is 3.39. The van der Waals surface area contributed by atoms with Gasteiger partial charge in [0.25, 0.3) is 0 Å². The maximum absolute atomic E-state index is 11.8. The first-order valence-electron chi connectivity index (χ1n) is 8.30. The first-order chi connectivity index (χ1) is 11.6. The molecule has 2 N–H and O–H groups in total. The van der Waals surface area contributed by atoms with Gasteiger partial charge in [-0.25, -0.2) is 4.79 Å². The van der Waals surface area contributed by atoms with Crippen molar-refractivity contribution in [2.24, 2.45) is 7.05 Å². The molecule has 1 aromatic carbocycles. The quantitative estimate of drug-likeness (QED) is 0.854. The standard InChI is InChI=1S/C18H24N4O2/c1-13-15(11-20-22(13)2)10-19-16-8-17(9-16)21-18(23)24-12-14-6-4-3-5-7-14/h3-7,11,16-17,19H,8-10,12H2,1-2H3,(H,21,23). The lowest BCUT2D eigenvalue weighted by Crippen LogP contribution is -2.52. The van der Waals surface area contributed by atoms with Crippen molar-refractivity contribution in [2.45, 2.75) is 45.0 Å². The Bertz CT molecular complexity index is 678. The summed E-state index contributed by atoms with van der Waals surface area (Å²) in [6.07, 6.45) is 3.42. The number of nitrogens with one attached hydrogen (secondary N) is 2. The molecular weight excluding hydrogens is 304 g/mol. The molecule has 1 saturated carbocycles. The lowest BCUT2D eigenvalue weighted by atomic mass is 9.87. The highest BCUT2D eigenvalue weighted by Gasteiger charge is 2.30. The van der Waals surface area contributed by atoms with Gasteiger partial charge in [-0.1, -0.05) is 30.3 Å². The molecule has 128 valence electrons. The minimum Gasteiger partial charge on any atom is -0.445 e. The van der Waals surface area contributed by atoms with E-state index in [2.05, 4.69) is 22.7 Å². The van der Waals surface area contributed by atoms with Crippen LogP contribution >= 0.6 is 0 Å². The predicted octanol–water partition coefficient (Wildman–Crippen LogP) is 2.28. The monoisotopic (exact) mass is 328 g/mol. The van der Waals surface area contributed by atoms with E-state index in [1.807, 2.05) is 48.3 Å². The number of benzene rings is 1. The van der Waals surface area contributed by atoms with Crippen molar-refractivity contribution < 1.29 is 9.53 Å². The summed E-state index contributed by atoms with van der Waals surface area (Å²) in [5, 5.41) is 10.7. The number of hydrogen-bond donors (Lipinski definition) is 2. The van der Waals surface area contributed by atoms with Gasteiger partial charge in [0.15, 0.2) is 0 Å². The van der Waals surface area contributed by atoms with Gasteiger partial charge in [0.05, 0.1) is 6.20 Å². The van der Waals surface area contributed by atoms with Gasteiger partial charge in [0.2, 0.25) is 0 Å². The molecule has 0 atom stereocenters. The predicted molar refractivity (Wildman–Crippen MR) is 91.4 cm³/mol. The van der Waals surface area contributed by atoms with Crippen LogP contribution in [0.15, 0.2) is 36.5 Å². The zero-order chi connectivity index (χ0) is 16.9. The molecule has 0 unspecified atom stereocenters. The fourth-order valence-corrected chi connectivity index (χ4v) is 2.81. The fraction of sp³-hybridized carbons (Fsp3) is 0.444. The molecule has 0 radical (unpaired) electrons. The van der Waals surface area contributed by atoms with Crippen LogP contribution < -0.4 is 10.6 Å². The second kappa shape index (κ2) is 7.49. The average Bonchev–Trinajstić information content (AvgIpc) is 2.87. The van der Waals surface area contributed by atoms with Gasteiger partial charge in [-0.3, -0.25) is 4.68 Å². The number of aryl methyl sites for hydroxylation is 1. The Morgan fingerprint density at radius 2 is 2.04 bits per heavy atom. The van der Waals surface area contributed by atoms with E-state index in [9.17, 15) is 4.79 Å². The van der Waals surface area contributed by atoms with Crippen molar-refractivity contribution in [3.63, 3.8) is 0 Å². The maximum atomic E-state index is 11.8. The normalized spacial score (nSPS) is 19.6. The number of alkyl carbamates (subject to hydrolysis) is 1. The second-order valence-corrected chi connectivity index (χ2v) is 6.33. The Balaban J connectivity index is 1.32. The first-order valence-corrected chi connectivity index (χ1v) is 8.30. The van der Waals surface area contributed by atoms with Crippen LogP contribution in [-0.2, 0) is 24.9 Å². The molecule has 1 aliphatic rings. The zero-order valence-electron chi connectivity index (χ0n) is 14.2. The molecule has 1 aliphatic carbocycles. The van der Waals surface area contributed by atoms with Crippen LogP contribution in [0.25, 0.3) is 0 Å². The molecule has 1 aromatic heterocycles. The fourth-order valence-electron chi connectivity index (χ4n) is 2.81. The molecule has 1 fully saturated rings. The maximum Gasteiger partial charge on any atom is 0.407 e. The van der Waals surface area contributed by atoms with Crippen molar-refractivity contribution in [1.29, 1.82) is 0 Å². The van der Waals surface area contributed by atoms with E-state index in [0.717, 1.165) is 24.9 Å². The Morgan fingerprint density at radius 1 is 1.29 bits per heavy atom. The molecule has 0 spiro atoms. The van der Waals surface area contributed by atoms with E-state index >= 15 is 0 Å². The minimum absolute atomic E-state index is 0.195. The number of rotatable bonds is 6. The highest BCUT2D eigenvalue weighted by molar-refractivity contribution is 5.67. The Labute approximate surface area is 142 Å². The Hall–Kier alpha value is -2.34. The number of hydrogen-bond acceptors (Lipinski definition) is 4. The van der Waals surface area contributed by atoms with E-state index in [4.69, 9.17) is 4.74 Å². The van der Waals surface area contributed by atoms with Gasteiger partial charge in [-0.15, -0.1) is 0 Å². The second-order valence-electron chi connectivity index (χ2n) is 6.33. The number of carbonyl (C=O) groups excluding carboxylic acids is 1. The third-order valence-corrected chi connectivity index (χ3v) is 4.59. The lowest BCUT2D eigenvalue weighted by Gasteiger charge is -2.36. The highest BCUT2D eigenvalue weighted by Crippen LogP contribution is 2.21. The van der Waals surface area contributed by atoms with Gasteiger partial charge in [-0.2, -0.15) is 5.10 Å². The lowest BCUT2D eigenvalue weighted by molar-refractivity contribution is 0.125. The first kappa shape index (κ1) is 16.5. The zero-order valence-corrected chi connectivity index (χ0v) is 14.2. The third kappa shape index (κ3) is 4.14. The molecule has 1 amide bonds. The van der Waals surface area contributed by atoms with Crippen molar-refractivity contribution in [2.75, 3.05) is 0 Å². The van der Waals surface area contributed by atoms with Gasteiger partial charge >= 0.3 is 6.09 Å². The highest BCUT2D eigenvalue weighted by atomic mass is 16.5.